The molecule has 0 spiro atoms. The van der Waals surface area contributed by atoms with E-state index in [1.807, 2.05) is 20.8 Å². The van der Waals surface area contributed by atoms with E-state index in [1.54, 1.807) is 31.2 Å². The van der Waals surface area contributed by atoms with Crippen LogP contribution in [0.1, 0.15) is 40.7 Å². The van der Waals surface area contributed by atoms with E-state index in [9.17, 15) is 5.11 Å². The Kier molecular flexibility index (Phi) is 3.85. The van der Waals surface area contributed by atoms with Crippen LogP contribution in [0.3, 0.4) is 0 Å². The Labute approximate surface area is 104 Å². The van der Waals surface area contributed by atoms with Crippen molar-refractivity contribution in [2.24, 2.45) is 0 Å². The van der Waals surface area contributed by atoms with Gasteiger partial charge in [0.2, 0.25) is 0 Å². The molecule has 1 rings (SSSR count). The maximum Gasteiger partial charge on any atom is 0.0940 e. The molecule has 2 nitrogen and oxygen atoms in total. The van der Waals surface area contributed by atoms with Gasteiger partial charge in [-0.15, -0.1) is 0 Å². The first kappa shape index (κ1) is 11.9. The third-order valence-electron chi connectivity index (χ3n) is 2.15. The molecular formula is C13H20ClNO. The maximum absolute atomic E-state index is 10.2. The Bertz CT molecular complexity index is 387. The Morgan fingerprint density at radius 2 is 2.06 bits per heavy atom. The third kappa shape index (κ3) is 4.12. The second-order valence-corrected chi connectivity index (χ2v) is 5.45. The largest absolute Gasteiger partial charge is 0.387 e. The maximum atomic E-state index is 10.2. The van der Waals surface area contributed by atoms with Crippen LogP contribution in [0.15, 0.2) is 24.3 Å². The lowest BCUT2D eigenvalue weighted by atomic mass is 10.00. The van der Waals surface area contributed by atoms with Gasteiger partial charge in [-0.1, -0.05) is 23.7 Å². The van der Waals surface area contributed by atoms with Crippen LogP contribution in [0.5, 0.6) is 0 Å². The summed E-state index contributed by atoms with van der Waals surface area (Å²) in [6.45, 7) is 7.54. The average molecular weight is 243 g/mol. The van der Waals surface area contributed by atoms with Crippen LogP contribution in [-0.2, 0) is 0 Å². The first-order valence-electron chi connectivity index (χ1n) is 5.85. The zero-order valence-electron chi connectivity index (χ0n) is 11.2. The van der Waals surface area contributed by atoms with Crippen molar-refractivity contribution in [3.05, 3.63) is 34.9 Å². The molecule has 0 amide bonds. The van der Waals surface area contributed by atoms with Crippen LogP contribution in [0.2, 0.25) is 5.02 Å². The monoisotopic (exact) mass is 242 g/mol. The van der Waals surface area contributed by atoms with Crippen molar-refractivity contribution in [2.75, 3.05) is 0 Å². The normalized spacial score (nSPS) is 18.8. The lowest BCUT2D eigenvalue weighted by molar-refractivity contribution is 0.121. The molecule has 16 heavy (non-hydrogen) atoms. The number of aliphatic hydroxyl groups excluding tert-OH is 1. The quantitative estimate of drug-likeness (QED) is 0.854. The van der Waals surface area contributed by atoms with Crippen molar-refractivity contribution in [1.82, 2.24) is 5.32 Å². The van der Waals surface area contributed by atoms with E-state index in [0.29, 0.717) is 10.6 Å². The van der Waals surface area contributed by atoms with Crippen molar-refractivity contribution in [3.63, 3.8) is 0 Å². The molecule has 0 radical (unpaired) electrons. The Morgan fingerprint density at radius 3 is 2.56 bits per heavy atom. The molecule has 0 saturated carbocycles. The highest BCUT2D eigenvalue weighted by molar-refractivity contribution is 6.30. The van der Waals surface area contributed by atoms with Gasteiger partial charge in [-0.25, -0.2) is 0 Å². The summed E-state index contributed by atoms with van der Waals surface area (Å²) < 4.78 is 8.19. The highest BCUT2D eigenvalue weighted by Gasteiger charge is 2.21. The van der Waals surface area contributed by atoms with Crippen molar-refractivity contribution in [2.45, 2.75) is 45.4 Å². The molecule has 0 aromatic heterocycles. The Balaban J connectivity index is 2.92. The highest BCUT2D eigenvalue weighted by Crippen LogP contribution is 2.21. The van der Waals surface area contributed by atoms with E-state index in [2.05, 4.69) is 5.32 Å². The summed E-state index contributed by atoms with van der Waals surface area (Å²) in [5, 5.41) is 13.9. The lowest BCUT2D eigenvalue weighted by Gasteiger charge is -2.29. The second-order valence-electron chi connectivity index (χ2n) is 5.02. The van der Waals surface area contributed by atoms with Crippen molar-refractivity contribution in [3.8, 4) is 0 Å². The first-order valence-corrected chi connectivity index (χ1v) is 5.72. The Hall–Kier alpha value is -0.570. The summed E-state index contributed by atoms with van der Waals surface area (Å²) in [5.41, 5.74) is 0.405. The molecule has 3 heteroatoms. The molecule has 2 unspecified atom stereocenters. The van der Waals surface area contributed by atoms with Gasteiger partial charge in [-0.05, 0) is 45.4 Å². The molecule has 0 aliphatic carbocycles. The number of halogens is 1. The van der Waals surface area contributed by atoms with Gasteiger partial charge in [0.1, 0.15) is 0 Å². The summed E-state index contributed by atoms with van der Waals surface area (Å²) >= 11 is 5.88. The molecule has 0 saturated heterocycles. The van der Waals surface area contributed by atoms with E-state index < -0.39 is 12.1 Å². The van der Waals surface area contributed by atoms with Gasteiger partial charge in [-0.3, -0.25) is 0 Å². The summed E-state index contributed by atoms with van der Waals surface area (Å²) in [7, 11) is 0. The van der Waals surface area contributed by atoms with E-state index in [1.165, 1.54) is 0 Å². The molecule has 0 heterocycles. The van der Waals surface area contributed by atoms with Gasteiger partial charge in [0.05, 0.1) is 6.10 Å². The summed E-state index contributed by atoms with van der Waals surface area (Å²) in [5.74, 6) is 0. The topological polar surface area (TPSA) is 32.3 Å². The average Bonchev–Trinajstić information content (AvgIpc) is 2.12. The smallest absolute Gasteiger partial charge is 0.0940 e. The molecule has 0 aliphatic heterocycles. The SMILES string of the molecule is [2H]C(C)(NC(C)(C)C)C(O)c1cccc(Cl)c1. The van der Waals surface area contributed by atoms with Crippen molar-refractivity contribution in [1.29, 1.82) is 0 Å². The summed E-state index contributed by atoms with van der Waals surface area (Å²) in [6, 6.07) is 5.81. The highest BCUT2D eigenvalue weighted by atomic mass is 35.5. The second kappa shape index (κ2) is 5.17. The zero-order chi connectivity index (χ0) is 13.3. The minimum Gasteiger partial charge on any atom is -0.387 e. The minimum atomic E-state index is -1.16. The van der Waals surface area contributed by atoms with Gasteiger partial charge in [-0.2, -0.15) is 0 Å². The third-order valence-corrected chi connectivity index (χ3v) is 2.38. The van der Waals surface area contributed by atoms with Gasteiger partial charge < -0.3 is 10.4 Å². The number of rotatable bonds is 3. The van der Waals surface area contributed by atoms with E-state index in [-0.39, 0.29) is 5.54 Å². The fourth-order valence-corrected chi connectivity index (χ4v) is 1.79. The van der Waals surface area contributed by atoms with Crippen LogP contribution in [-0.4, -0.2) is 16.7 Å². The molecule has 1 aromatic rings. The number of aliphatic hydroxyl groups is 1. The van der Waals surface area contributed by atoms with Gasteiger partial charge in [0.15, 0.2) is 0 Å². The van der Waals surface area contributed by atoms with Gasteiger partial charge >= 0.3 is 0 Å². The van der Waals surface area contributed by atoms with Crippen LogP contribution >= 0.6 is 11.6 Å². The molecule has 90 valence electrons. The molecule has 0 fully saturated rings. The lowest BCUT2D eigenvalue weighted by Crippen LogP contribution is -2.44. The molecule has 0 aliphatic rings. The predicted octanol–water partition coefficient (Wildman–Crippen LogP) is 3.15. The van der Waals surface area contributed by atoms with E-state index in [4.69, 9.17) is 13.0 Å². The predicted molar refractivity (Wildman–Crippen MR) is 68.8 cm³/mol. The molecule has 2 N–H and O–H groups in total. The molecule has 0 bridgehead atoms. The number of hydrogen-bond donors (Lipinski definition) is 2. The van der Waals surface area contributed by atoms with Gasteiger partial charge in [0, 0.05) is 18.0 Å². The number of hydrogen-bond acceptors (Lipinski definition) is 2. The van der Waals surface area contributed by atoms with E-state index >= 15 is 0 Å². The summed E-state index contributed by atoms with van der Waals surface area (Å²) in [4.78, 5) is 0. The van der Waals surface area contributed by atoms with Crippen LogP contribution in [0.4, 0.5) is 0 Å². The van der Waals surface area contributed by atoms with Crippen LogP contribution in [0, 0.1) is 0 Å². The van der Waals surface area contributed by atoms with E-state index in [0.717, 1.165) is 0 Å². The van der Waals surface area contributed by atoms with Crippen LogP contribution < -0.4 is 5.32 Å². The fourth-order valence-electron chi connectivity index (χ4n) is 1.59. The van der Waals surface area contributed by atoms with Crippen molar-refractivity contribution >= 4 is 11.6 Å². The standard InChI is InChI=1S/C13H20ClNO/c1-9(15-13(2,3)4)12(16)10-6-5-7-11(14)8-10/h5-9,12,15-16H,1-4H3/i9D. The molecular weight excluding hydrogens is 222 g/mol. The molecule has 2 atom stereocenters. The minimum absolute atomic E-state index is 0.240. The zero-order valence-corrected chi connectivity index (χ0v) is 11.0. The molecule has 1 aromatic carbocycles. The first-order chi connectivity index (χ1) is 7.62. The summed E-state index contributed by atoms with van der Waals surface area (Å²) in [6.07, 6.45) is -0.930. The Morgan fingerprint density at radius 1 is 1.44 bits per heavy atom. The number of benzene rings is 1. The van der Waals surface area contributed by atoms with Gasteiger partial charge in [0.25, 0.3) is 0 Å². The van der Waals surface area contributed by atoms with Crippen molar-refractivity contribution < 1.29 is 6.48 Å². The van der Waals surface area contributed by atoms with Crippen LogP contribution in [0.25, 0.3) is 0 Å². The fraction of sp³-hybridized carbons (Fsp3) is 0.538. The number of nitrogens with one attached hydrogen (secondary N) is 1.